The van der Waals surface area contributed by atoms with Gasteiger partial charge in [-0.15, -0.1) is 0 Å². The first-order valence-corrected chi connectivity index (χ1v) is 8.37. The van der Waals surface area contributed by atoms with Crippen molar-refractivity contribution >= 4 is 15.9 Å². The van der Waals surface area contributed by atoms with E-state index >= 15 is 0 Å². The van der Waals surface area contributed by atoms with Gasteiger partial charge in [-0.05, 0) is 42.9 Å². The van der Waals surface area contributed by atoms with Gasteiger partial charge in [-0.1, -0.05) is 28.1 Å². The lowest BCUT2D eigenvalue weighted by molar-refractivity contribution is -0.103. The fraction of sp³-hybridized carbons (Fsp3) is 0.625. The molecule has 3 atom stereocenters. The largest absolute Gasteiger partial charge is 0.378 e. The van der Waals surface area contributed by atoms with Crippen molar-refractivity contribution < 1.29 is 9.47 Å². The predicted molar refractivity (Wildman–Crippen MR) is 85.8 cm³/mol. The molecule has 2 fully saturated rings. The average molecular weight is 355 g/mol. The Hall–Kier alpha value is -0.460. The predicted octanol–water partition coefficient (Wildman–Crippen LogP) is 2.85. The van der Waals surface area contributed by atoms with Crippen LogP contribution in [0, 0.1) is 12.8 Å². The number of hydrogen-bond acceptors (Lipinski definition) is 4. The Kier molecular flexibility index (Phi) is 4.66. The molecule has 0 aromatic heterocycles. The van der Waals surface area contributed by atoms with Crippen molar-refractivity contribution in [1.82, 2.24) is 5.43 Å². The first-order chi connectivity index (χ1) is 10.1. The fourth-order valence-electron chi connectivity index (χ4n) is 3.58. The lowest BCUT2D eigenvalue weighted by Crippen LogP contribution is -2.45. The molecule has 0 bridgehead atoms. The van der Waals surface area contributed by atoms with E-state index in [9.17, 15) is 0 Å². The molecule has 1 aromatic rings. The van der Waals surface area contributed by atoms with Gasteiger partial charge in [0.25, 0.3) is 0 Å². The molecule has 2 saturated heterocycles. The molecule has 2 aliphatic rings. The number of halogens is 1. The third-order valence-electron chi connectivity index (χ3n) is 4.74. The Morgan fingerprint density at radius 2 is 2.29 bits per heavy atom. The van der Waals surface area contributed by atoms with E-state index in [-0.39, 0.29) is 11.6 Å². The van der Waals surface area contributed by atoms with Gasteiger partial charge in [-0.3, -0.25) is 11.3 Å². The summed E-state index contributed by atoms with van der Waals surface area (Å²) in [7, 11) is 0. The van der Waals surface area contributed by atoms with Gasteiger partial charge in [0.1, 0.15) is 0 Å². The molecular formula is C16H23BrN2O2. The highest BCUT2D eigenvalue weighted by molar-refractivity contribution is 9.10. The fourth-order valence-corrected chi connectivity index (χ4v) is 4.32. The first kappa shape index (κ1) is 15.4. The summed E-state index contributed by atoms with van der Waals surface area (Å²) in [5, 5.41) is 0. The highest BCUT2D eigenvalue weighted by atomic mass is 79.9. The number of rotatable bonds is 3. The molecule has 2 heterocycles. The smallest absolute Gasteiger partial charge is 0.0940 e. The maximum atomic E-state index is 6.03. The molecule has 1 spiro atoms. The van der Waals surface area contributed by atoms with E-state index < -0.39 is 0 Å². The van der Waals surface area contributed by atoms with E-state index in [0.717, 1.165) is 43.6 Å². The number of aryl methyl sites for hydroxylation is 1. The lowest BCUT2D eigenvalue weighted by atomic mass is 9.79. The van der Waals surface area contributed by atoms with Gasteiger partial charge in [0.2, 0.25) is 0 Å². The molecule has 3 N–H and O–H groups in total. The van der Waals surface area contributed by atoms with Crippen molar-refractivity contribution in [3.63, 3.8) is 0 Å². The zero-order valence-corrected chi connectivity index (χ0v) is 14.0. The standard InChI is InChI=1S/C16H23BrN2O2/c1-11-2-3-13(14(17)8-11)15(19-18)12-4-6-21-16(9-12)5-7-20-10-16/h2-3,8,12,15,19H,4-7,9-10,18H2,1H3. The van der Waals surface area contributed by atoms with Gasteiger partial charge in [-0.2, -0.15) is 0 Å². The van der Waals surface area contributed by atoms with Crippen molar-refractivity contribution in [2.24, 2.45) is 11.8 Å². The minimum atomic E-state index is -0.0881. The Morgan fingerprint density at radius 1 is 1.43 bits per heavy atom. The van der Waals surface area contributed by atoms with Crippen LogP contribution in [0.3, 0.4) is 0 Å². The normalized spacial score (nSPS) is 30.7. The third kappa shape index (κ3) is 3.17. The van der Waals surface area contributed by atoms with Crippen LogP contribution in [0.1, 0.15) is 36.4 Å². The molecule has 2 aliphatic heterocycles. The molecule has 0 radical (unpaired) electrons. The van der Waals surface area contributed by atoms with E-state index in [4.69, 9.17) is 15.3 Å². The maximum Gasteiger partial charge on any atom is 0.0940 e. The zero-order chi connectivity index (χ0) is 14.9. The molecule has 3 rings (SSSR count). The van der Waals surface area contributed by atoms with E-state index in [1.165, 1.54) is 11.1 Å². The van der Waals surface area contributed by atoms with Crippen molar-refractivity contribution in [2.45, 2.75) is 37.8 Å². The highest BCUT2D eigenvalue weighted by Crippen LogP contribution is 2.42. The number of nitrogens with one attached hydrogen (secondary N) is 1. The molecule has 5 heteroatoms. The third-order valence-corrected chi connectivity index (χ3v) is 5.43. The molecule has 1 aromatic carbocycles. The van der Waals surface area contributed by atoms with Crippen LogP contribution in [0.15, 0.2) is 22.7 Å². The summed E-state index contributed by atoms with van der Waals surface area (Å²) in [6.07, 6.45) is 3.02. The Balaban J connectivity index is 1.82. The highest BCUT2D eigenvalue weighted by Gasteiger charge is 2.43. The summed E-state index contributed by atoms with van der Waals surface area (Å²) in [6, 6.07) is 6.59. The summed E-state index contributed by atoms with van der Waals surface area (Å²) in [6.45, 7) is 4.41. The molecule has 21 heavy (non-hydrogen) atoms. The topological polar surface area (TPSA) is 56.5 Å². The van der Waals surface area contributed by atoms with Crippen LogP contribution in [-0.2, 0) is 9.47 Å². The molecular weight excluding hydrogens is 332 g/mol. The van der Waals surface area contributed by atoms with Gasteiger partial charge >= 0.3 is 0 Å². The first-order valence-electron chi connectivity index (χ1n) is 7.57. The van der Waals surface area contributed by atoms with Crippen LogP contribution in [0.5, 0.6) is 0 Å². The second kappa shape index (κ2) is 6.34. The summed E-state index contributed by atoms with van der Waals surface area (Å²) < 4.78 is 12.7. The van der Waals surface area contributed by atoms with Crippen molar-refractivity contribution in [3.05, 3.63) is 33.8 Å². The van der Waals surface area contributed by atoms with E-state index in [1.54, 1.807) is 0 Å². The van der Waals surface area contributed by atoms with Gasteiger partial charge in [0.05, 0.1) is 18.2 Å². The van der Waals surface area contributed by atoms with E-state index in [1.807, 2.05) is 0 Å². The monoisotopic (exact) mass is 354 g/mol. The van der Waals surface area contributed by atoms with Crippen molar-refractivity contribution in [1.29, 1.82) is 0 Å². The van der Waals surface area contributed by atoms with E-state index in [2.05, 4.69) is 46.5 Å². The molecule has 116 valence electrons. The van der Waals surface area contributed by atoms with Gasteiger partial charge < -0.3 is 9.47 Å². The number of nitrogens with two attached hydrogens (primary N) is 1. The Bertz CT molecular complexity index is 503. The Morgan fingerprint density at radius 3 is 2.95 bits per heavy atom. The SMILES string of the molecule is Cc1ccc(C(NN)C2CCOC3(CCOC3)C2)c(Br)c1. The number of benzene rings is 1. The number of hydrogen-bond donors (Lipinski definition) is 2. The minimum Gasteiger partial charge on any atom is -0.378 e. The Labute approximate surface area is 134 Å². The van der Waals surface area contributed by atoms with Crippen LogP contribution < -0.4 is 11.3 Å². The van der Waals surface area contributed by atoms with Crippen molar-refractivity contribution in [2.75, 3.05) is 19.8 Å². The molecule has 3 unspecified atom stereocenters. The second-order valence-corrected chi connectivity index (χ2v) is 7.11. The zero-order valence-electron chi connectivity index (χ0n) is 12.4. The lowest BCUT2D eigenvalue weighted by Gasteiger charge is -2.40. The molecule has 0 amide bonds. The van der Waals surface area contributed by atoms with Gasteiger partial charge in [0, 0.05) is 24.1 Å². The molecule has 0 aliphatic carbocycles. The molecule has 4 nitrogen and oxygen atoms in total. The summed E-state index contributed by atoms with van der Waals surface area (Å²) in [5.74, 6) is 6.35. The molecule has 0 saturated carbocycles. The minimum absolute atomic E-state index is 0.0881. The van der Waals surface area contributed by atoms with Crippen LogP contribution in [0.4, 0.5) is 0 Å². The van der Waals surface area contributed by atoms with Crippen LogP contribution in [-0.4, -0.2) is 25.4 Å². The average Bonchev–Trinajstić information content (AvgIpc) is 2.90. The second-order valence-electron chi connectivity index (χ2n) is 6.26. The summed E-state index contributed by atoms with van der Waals surface area (Å²) in [5.41, 5.74) is 5.41. The summed E-state index contributed by atoms with van der Waals surface area (Å²) >= 11 is 3.68. The maximum absolute atomic E-state index is 6.03. The van der Waals surface area contributed by atoms with Crippen LogP contribution >= 0.6 is 15.9 Å². The number of hydrazine groups is 1. The van der Waals surface area contributed by atoms with Crippen LogP contribution in [0.25, 0.3) is 0 Å². The summed E-state index contributed by atoms with van der Waals surface area (Å²) in [4.78, 5) is 0. The van der Waals surface area contributed by atoms with Gasteiger partial charge in [0.15, 0.2) is 0 Å². The number of ether oxygens (including phenoxy) is 2. The quantitative estimate of drug-likeness (QED) is 0.647. The van der Waals surface area contributed by atoms with E-state index in [0.29, 0.717) is 5.92 Å². The van der Waals surface area contributed by atoms with Crippen LogP contribution in [0.2, 0.25) is 0 Å². The van der Waals surface area contributed by atoms with Crippen molar-refractivity contribution in [3.8, 4) is 0 Å². The van der Waals surface area contributed by atoms with Gasteiger partial charge in [-0.25, -0.2) is 0 Å².